The van der Waals surface area contributed by atoms with Gasteiger partial charge in [0.25, 0.3) is 0 Å². The molecule has 1 aliphatic rings. The van der Waals surface area contributed by atoms with Crippen LogP contribution in [-0.2, 0) is 6.42 Å². The Morgan fingerprint density at radius 2 is 2.38 bits per heavy atom. The van der Waals surface area contributed by atoms with Gasteiger partial charge in [-0.2, -0.15) is 0 Å². The van der Waals surface area contributed by atoms with E-state index in [1.807, 2.05) is 12.1 Å². The van der Waals surface area contributed by atoms with Gasteiger partial charge in [-0.3, -0.25) is 0 Å². The van der Waals surface area contributed by atoms with Crippen molar-refractivity contribution in [2.75, 3.05) is 13.6 Å². The molecule has 0 aromatic heterocycles. The van der Waals surface area contributed by atoms with Gasteiger partial charge >= 0.3 is 0 Å². The molecule has 0 spiro atoms. The largest absolute Gasteiger partial charge is 0.508 e. The van der Waals surface area contributed by atoms with Crippen molar-refractivity contribution in [3.8, 4) is 5.75 Å². The Morgan fingerprint density at radius 3 is 2.92 bits per heavy atom. The van der Waals surface area contributed by atoms with Crippen LogP contribution in [0, 0.1) is 0 Å². The van der Waals surface area contributed by atoms with Crippen LogP contribution in [0.5, 0.6) is 5.75 Å². The number of benzene rings is 1. The molecule has 1 unspecified atom stereocenters. The highest BCUT2D eigenvalue weighted by atomic mass is 16.3. The summed E-state index contributed by atoms with van der Waals surface area (Å²) in [5.41, 5.74) is 1.23. The Kier molecular flexibility index (Phi) is 2.23. The van der Waals surface area contributed by atoms with Crippen LogP contribution in [0.15, 0.2) is 24.3 Å². The van der Waals surface area contributed by atoms with Gasteiger partial charge in [0.2, 0.25) is 0 Å². The van der Waals surface area contributed by atoms with Crippen molar-refractivity contribution in [3.05, 3.63) is 29.8 Å². The zero-order chi connectivity index (χ0) is 9.26. The summed E-state index contributed by atoms with van der Waals surface area (Å²) in [6.45, 7) is 1.21. The molecule has 13 heavy (non-hydrogen) atoms. The van der Waals surface area contributed by atoms with Crippen molar-refractivity contribution in [2.24, 2.45) is 0 Å². The molecule has 0 saturated carbocycles. The Hall–Kier alpha value is -1.02. The Balaban J connectivity index is 2.01. The maximum Gasteiger partial charge on any atom is 0.115 e. The third-order valence-corrected chi connectivity index (χ3v) is 2.82. The molecule has 1 atom stereocenters. The highest BCUT2D eigenvalue weighted by molar-refractivity contribution is 5.27. The summed E-state index contributed by atoms with van der Waals surface area (Å²) >= 11 is 0. The molecule has 1 aromatic rings. The number of hydrogen-bond donors (Lipinski definition) is 1. The molecule has 0 radical (unpaired) electrons. The molecule has 2 heteroatoms. The van der Waals surface area contributed by atoms with Crippen molar-refractivity contribution in [1.29, 1.82) is 0 Å². The number of nitrogens with zero attached hydrogens (tertiary/aromatic N) is 1. The van der Waals surface area contributed by atoms with Crippen molar-refractivity contribution in [3.63, 3.8) is 0 Å². The first-order valence-corrected chi connectivity index (χ1v) is 4.74. The third-order valence-electron chi connectivity index (χ3n) is 2.82. The lowest BCUT2D eigenvalue weighted by Crippen LogP contribution is -2.45. The van der Waals surface area contributed by atoms with Gasteiger partial charge in [-0.1, -0.05) is 12.1 Å². The Labute approximate surface area is 78.8 Å². The van der Waals surface area contributed by atoms with Crippen LogP contribution in [0.25, 0.3) is 0 Å². The number of aromatic hydroxyl groups is 1. The number of likely N-dealkylation sites (N-methyl/N-ethyl adjacent to an activating group) is 1. The third kappa shape index (κ3) is 1.83. The second kappa shape index (κ2) is 3.38. The van der Waals surface area contributed by atoms with E-state index < -0.39 is 0 Å². The molecule has 1 N–H and O–H groups in total. The van der Waals surface area contributed by atoms with Crippen LogP contribution in [0.1, 0.15) is 12.0 Å². The average molecular weight is 177 g/mol. The lowest BCUT2D eigenvalue weighted by atomic mass is 9.96. The van der Waals surface area contributed by atoms with Gasteiger partial charge in [0.15, 0.2) is 0 Å². The number of phenolic OH excluding ortho intramolecular Hbond substituents is 1. The fourth-order valence-electron chi connectivity index (χ4n) is 1.78. The highest BCUT2D eigenvalue weighted by Crippen LogP contribution is 2.20. The molecule has 1 heterocycles. The maximum atomic E-state index is 9.27. The van der Waals surface area contributed by atoms with E-state index in [1.54, 1.807) is 6.07 Å². The van der Waals surface area contributed by atoms with Gasteiger partial charge in [0.1, 0.15) is 5.75 Å². The van der Waals surface area contributed by atoms with Crippen LogP contribution in [0.4, 0.5) is 0 Å². The standard InChI is InChI=1S/C11H15NO/c1-12-6-5-10(12)7-9-3-2-4-11(13)8-9/h2-4,8,10,13H,5-7H2,1H3. The summed E-state index contributed by atoms with van der Waals surface area (Å²) in [6.07, 6.45) is 2.34. The lowest BCUT2D eigenvalue weighted by molar-refractivity contribution is 0.126. The van der Waals surface area contributed by atoms with E-state index in [4.69, 9.17) is 0 Å². The maximum absolute atomic E-state index is 9.27. The smallest absolute Gasteiger partial charge is 0.115 e. The average Bonchev–Trinajstić information content (AvgIpc) is 2.12. The van der Waals surface area contributed by atoms with Gasteiger partial charge < -0.3 is 10.0 Å². The molecule has 1 aliphatic heterocycles. The molecular formula is C11H15NO. The van der Waals surface area contributed by atoms with Gasteiger partial charge in [0.05, 0.1) is 0 Å². The van der Waals surface area contributed by atoms with E-state index in [1.165, 1.54) is 18.5 Å². The fourth-order valence-corrected chi connectivity index (χ4v) is 1.78. The summed E-state index contributed by atoms with van der Waals surface area (Å²) in [6, 6.07) is 8.23. The summed E-state index contributed by atoms with van der Waals surface area (Å²) < 4.78 is 0. The van der Waals surface area contributed by atoms with E-state index in [0.29, 0.717) is 11.8 Å². The van der Waals surface area contributed by atoms with Gasteiger partial charge in [0, 0.05) is 6.04 Å². The molecule has 1 fully saturated rings. The van der Waals surface area contributed by atoms with Gasteiger partial charge in [-0.25, -0.2) is 0 Å². The molecule has 0 bridgehead atoms. The van der Waals surface area contributed by atoms with Crippen molar-refractivity contribution in [2.45, 2.75) is 18.9 Å². The van der Waals surface area contributed by atoms with E-state index in [-0.39, 0.29) is 0 Å². The molecule has 0 aliphatic carbocycles. The summed E-state index contributed by atoms with van der Waals surface area (Å²) in [5, 5.41) is 9.27. The van der Waals surface area contributed by atoms with E-state index in [2.05, 4.69) is 18.0 Å². The fraction of sp³-hybridized carbons (Fsp3) is 0.455. The second-order valence-corrected chi connectivity index (χ2v) is 3.80. The topological polar surface area (TPSA) is 23.5 Å². The quantitative estimate of drug-likeness (QED) is 0.742. The van der Waals surface area contributed by atoms with E-state index in [0.717, 1.165) is 6.42 Å². The zero-order valence-electron chi connectivity index (χ0n) is 7.90. The molecule has 0 amide bonds. The first-order valence-electron chi connectivity index (χ1n) is 4.74. The van der Waals surface area contributed by atoms with Crippen LogP contribution in [0.2, 0.25) is 0 Å². The minimum Gasteiger partial charge on any atom is -0.508 e. The normalized spacial score (nSPS) is 22.7. The molecule has 2 nitrogen and oxygen atoms in total. The number of likely N-dealkylation sites (tertiary alicyclic amines) is 1. The highest BCUT2D eigenvalue weighted by Gasteiger charge is 2.23. The lowest BCUT2D eigenvalue weighted by Gasteiger charge is -2.38. The summed E-state index contributed by atoms with van der Waals surface area (Å²) in [7, 11) is 2.15. The predicted octanol–water partition coefficient (Wildman–Crippen LogP) is 1.64. The molecule has 2 rings (SSSR count). The van der Waals surface area contributed by atoms with Crippen LogP contribution in [-0.4, -0.2) is 29.6 Å². The summed E-state index contributed by atoms with van der Waals surface area (Å²) in [5.74, 6) is 0.375. The SMILES string of the molecule is CN1CCC1Cc1cccc(O)c1. The predicted molar refractivity (Wildman–Crippen MR) is 52.8 cm³/mol. The zero-order valence-corrected chi connectivity index (χ0v) is 7.90. The Morgan fingerprint density at radius 1 is 1.54 bits per heavy atom. The van der Waals surface area contributed by atoms with E-state index >= 15 is 0 Å². The first kappa shape index (κ1) is 8.57. The minimum absolute atomic E-state index is 0.375. The minimum atomic E-state index is 0.375. The molecule has 70 valence electrons. The van der Waals surface area contributed by atoms with Crippen LogP contribution in [0.3, 0.4) is 0 Å². The number of phenols is 1. The van der Waals surface area contributed by atoms with Gasteiger partial charge in [-0.05, 0) is 44.1 Å². The Bertz CT molecular complexity index is 298. The molecule has 1 saturated heterocycles. The number of rotatable bonds is 2. The number of hydrogen-bond acceptors (Lipinski definition) is 2. The first-order chi connectivity index (χ1) is 6.25. The van der Waals surface area contributed by atoms with Crippen molar-refractivity contribution in [1.82, 2.24) is 4.90 Å². The summed E-state index contributed by atoms with van der Waals surface area (Å²) in [4.78, 5) is 2.35. The molecular weight excluding hydrogens is 162 g/mol. The van der Waals surface area contributed by atoms with E-state index in [9.17, 15) is 5.11 Å². The van der Waals surface area contributed by atoms with Crippen molar-refractivity contribution < 1.29 is 5.11 Å². The van der Waals surface area contributed by atoms with Gasteiger partial charge in [-0.15, -0.1) is 0 Å². The monoisotopic (exact) mass is 177 g/mol. The van der Waals surface area contributed by atoms with Crippen LogP contribution >= 0.6 is 0 Å². The molecule has 1 aromatic carbocycles. The van der Waals surface area contributed by atoms with Crippen molar-refractivity contribution >= 4 is 0 Å². The van der Waals surface area contributed by atoms with Crippen LogP contribution < -0.4 is 0 Å². The second-order valence-electron chi connectivity index (χ2n) is 3.80.